The Labute approximate surface area is 128 Å². The molecule has 1 heterocycles. The van der Waals surface area contributed by atoms with Crippen molar-refractivity contribution in [3.05, 3.63) is 35.2 Å². The van der Waals surface area contributed by atoms with E-state index in [2.05, 4.69) is 10.6 Å². The van der Waals surface area contributed by atoms with E-state index in [9.17, 15) is 9.90 Å². The van der Waals surface area contributed by atoms with Gasteiger partial charge in [-0.15, -0.1) is 11.3 Å². The number of hydrogen-bond donors (Lipinski definition) is 3. The van der Waals surface area contributed by atoms with Crippen molar-refractivity contribution >= 4 is 27.5 Å². The van der Waals surface area contributed by atoms with Gasteiger partial charge in [0.05, 0.1) is 6.54 Å². The van der Waals surface area contributed by atoms with Crippen molar-refractivity contribution in [1.29, 1.82) is 0 Å². The molecule has 3 rings (SSSR count). The third-order valence-electron chi connectivity index (χ3n) is 3.92. The van der Waals surface area contributed by atoms with Gasteiger partial charge in [0.25, 0.3) is 0 Å². The van der Waals surface area contributed by atoms with Crippen molar-refractivity contribution in [3.8, 4) is 0 Å². The molecular weight excluding hydrogens is 284 g/mol. The summed E-state index contributed by atoms with van der Waals surface area (Å²) in [6, 6.07) is 10.1. The monoisotopic (exact) mass is 304 g/mol. The van der Waals surface area contributed by atoms with Gasteiger partial charge in [0.1, 0.15) is 6.10 Å². The lowest BCUT2D eigenvalue weighted by molar-refractivity contribution is 0.176. The molecule has 1 saturated carbocycles. The maximum atomic E-state index is 11.8. The van der Waals surface area contributed by atoms with Crippen LogP contribution in [0.2, 0.25) is 0 Å². The summed E-state index contributed by atoms with van der Waals surface area (Å²) in [6.45, 7) is 0.241. The van der Waals surface area contributed by atoms with Crippen molar-refractivity contribution in [1.82, 2.24) is 10.6 Å². The highest BCUT2D eigenvalue weighted by Gasteiger charge is 2.18. The number of amides is 2. The van der Waals surface area contributed by atoms with Crippen LogP contribution in [0, 0.1) is 0 Å². The third-order valence-corrected chi connectivity index (χ3v) is 5.14. The summed E-state index contributed by atoms with van der Waals surface area (Å²) in [7, 11) is 0. The summed E-state index contributed by atoms with van der Waals surface area (Å²) in [6.07, 6.45) is 3.85. The third kappa shape index (κ3) is 3.54. The molecule has 0 saturated heterocycles. The van der Waals surface area contributed by atoms with Crippen LogP contribution in [0.1, 0.15) is 36.7 Å². The number of urea groups is 1. The quantitative estimate of drug-likeness (QED) is 0.812. The van der Waals surface area contributed by atoms with Crippen LogP contribution in [-0.2, 0) is 0 Å². The Morgan fingerprint density at radius 1 is 1.33 bits per heavy atom. The SMILES string of the molecule is O=C(NCC(O)c1cc2ccccc2s1)NC1CCCC1. The fourth-order valence-electron chi connectivity index (χ4n) is 2.76. The fourth-order valence-corrected chi connectivity index (χ4v) is 3.81. The molecule has 0 bridgehead atoms. The summed E-state index contributed by atoms with van der Waals surface area (Å²) >= 11 is 1.57. The van der Waals surface area contributed by atoms with Gasteiger partial charge >= 0.3 is 6.03 Å². The van der Waals surface area contributed by atoms with Crippen LogP contribution in [0.5, 0.6) is 0 Å². The lowest BCUT2D eigenvalue weighted by atomic mass is 10.2. The van der Waals surface area contributed by atoms with E-state index in [0.717, 1.165) is 27.8 Å². The molecule has 5 heteroatoms. The minimum Gasteiger partial charge on any atom is -0.386 e. The lowest BCUT2D eigenvalue weighted by Gasteiger charge is -2.14. The van der Waals surface area contributed by atoms with Gasteiger partial charge in [0.15, 0.2) is 0 Å². The Hall–Kier alpha value is -1.59. The maximum Gasteiger partial charge on any atom is 0.315 e. The number of aliphatic hydroxyl groups excluding tert-OH is 1. The van der Waals surface area contributed by atoms with Crippen LogP contribution in [-0.4, -0.2) is 23.7 Å². The molecule has 2 amide bonds. The second-order valence-corrected chi connectivity index (χ2v) is 6.65. The van der Waals surface area contributed by atoms with Crippen molar-refractivity contribution in [2.45, 2.75) is 37.8 Å². The lowest BCUT2D eigenvalue weighted by Crippen LogP contribution is -2.42. The highest BCUT2D eigenvalue weighted by Crippen LogP contribution is 2.29. The number of carbonyl (C=O) groups is 1. The second-order valence-electron chi connectivity index (χ2n) is 5.54. The molecule has 21 heavy (non-hydrogen) atoms. The molecule has 0 aliphatic heterocycles. The van der Waals surface area contributed by atoms with Crippen LogP contribution in [0.25, 0.3) is 10.1 Å². The van der Waals surface area contributed by atoms with Crippen LogP contribution < -0.4 is 10.6 Å². The average molecular weight is 304 g/mol. The van der Waals surface area contributed by atoms with E-state index in [-0.39, 0.29) is 12.6 Å². The fraction of sp³-hybridized carbons (Fsp3) is 0.438. The van der Waals surface area contributed by atoms with Crippen molar-refractivity contribution in [3.63, 3.8) is 0 Å². The zero-order chi connectivity index (χ0) is 14.7. The van der Waals surface area contributed by atoms with Crippen molar-refractivity contribution < 1.29 is 9.90 Å². The molecule has 0 radical (unpaired) electrons. The molecule has 2 aromatic rings. The number of aliphatic hydroxyl groups is 1. The molecule has 1 aliphatic rings. The van der Waals surface area contributed by atoms with Gasteiger partial charge in [-0.05, 0) is 30.4 Å². The van der Waals surface area contributed by atoms with Gasteiger partial charge in [-0.3, -0.25) is 0 Å². The number of fused-ring (bicyclic) bond motifs is 1. The van der Waals surface area contributed by atoms with Crippen LogP contribution in [0.4, 0.5) is 4.79 Å². The van der Waals surface area contributed by atoms with Crippen molar-refractivity contribution in [2.24, 2.45) is 0 Å². The summed E-state index contributed by atoms with van der Waals surface area (Å²) in [5, 5.41) is 17.0. The van der Waals surface area contributed by atoms with E-state index in [1.807, 2.05) is 30.3 Å². The Morgan fingerprint density at radius 3 is 2.86 bits per heavy atom. The highest BCUT2D eigenvalue weighted by molar-refractivity contribution is 7.19. The minimum absolute atomic E-state index is 0.179. The molecule has 0 spiro atoms. The second kappa shape index (κ2) is 6.45. The zero-order valence-corrected chi connectivity index (χ0v) is 12.7. The minimum atomic E-state index is -0.656. The smallest absolute Gasteiger partial charge is 0.315 e. The predicted molar refractivity (Wildman–Crippen MR) is 85.6 cm³/mol. The Morgan fingerprint density at radius 2 is 2.10 bits per heavy atom. The number of hydrogen-bond acceptors (Lipinski definition) is 3. The van der Waals surface area contributed by atoms with Gasteiger partial charge in [0, 0.05) is 15.6 Å². The molecular formula is C16H20N2O2S. The maximum absolute atomic E-state index is 11.8. The summed E-state index contributed by atoms with van der Waals surface area (Å²) in [5.74, 6) is 0. The van der Waals surface area contributed by atoms with E-state index in [1.165, 1.54) is 12.8 Å². The number of benzene rings is 1. The molecule has 1 atom stereocenters. The average Bonchev–Trinajstić information content (AvgIpc) is 3.13. The van der Waals surface area contributed by atoms with E-state index in [4.69, 9.17) is 0 Å². The zero-order valence-electron chi connectivity index (χ0n) is 11.8. The molecule has 1 aromatic heterocycles. The largest absolute Gasteiger partial charge is 0.386 e. The van der Waals surface area contributed by atoms with Crippen LogP contribution in [0.15, 0.2) is 30.3 Å². The molecule has 3 N–H and O–H groups in total. The van der Waals surface area contributed by atoms with Gasteiger partial charge < -0.3 is 15.7 Å². The first kappa shape index (κ1) is 14.4. The van der Waals surface area contributed by atoms with E-state index < -0.39 is 6.10 Å². The van der Waals surface area contributed by atoms with Crippen LogP contribution in [0.3, 0.4) is 0 Å². The number of nitrogens with one attached hydrogen (secondary N) is 2. The van der Waals surface area contributed by atoms with Gasteiger partial charge in [-0.25, -0.2) is 4.79 Å². The first-order valence-corrected chi connectivity index (χ1v) is 8.25. The molecule has 1 fully saturated rings. The standard InChI is InChI=1S/C16H20N2O2S/c19-13(10-17-16(20)18-12-6-2-3-7-12)15-9-11-5-1-4-8-14(11)21-15/h1,4-5,8-9,12-13,19H,2-3,6-7,10H2,(H2,17,18,20). The Balaban J connectivity index is 1.53. The van der Waals surface area contributed by atoms with E-state index in [1.54, 1.807) is 11.3 Å². The first-order valence-electron chi connectivity index (χ1n) is 7.43. The molecule has 1 unspecified atom stereocenters. The Bertz CT molecular complexity index is 587. The topological polar surface area (TPSA) is 61.4 Å². The molecule has 112 valence electrons. The van der Waals surface area contributed by atoms with Gasteiger partial charge in [0.2, 0.25) is 0 Å². The number of carbonyl (C=O) groups excluding carboxylic acids is 1. The first-order chi connectivity index (χ1) is 10.2. The number of rotatable bonds is 4. The molecule has 1 aromatic carbocycles. The Kier molecular flexibility index (Phi) is 4.41. The molecule has 1 aliphatic carbocycles. The van der Waals surface area contributed by atoms with Gasteiger partial charge in [-0.1, -0.05) is 31.0 Å². The van der Waals surface area contributed by atoms with Crippen LogP contribution >= 0.6 is 11.3 Å². The summed E-state index contributed by atoms with van der Waals surface area (Å²) in [5.41, 5.74) is 0. The van der Waals surface area contributed by atoms with E-state index >= 15 is 0 Å². The van der Waals surface area contributed by atoms with Gasteiger partial charge in [-0.2, -0.15) is 0 Å². The highest BCUT2D eigenvalue weighted by atomic mass is 32.1. The van der Waals surface area contributed by atoms with Crippen molar-refractivity contribution in [2.75, 3.05) is 6.54 Å². The number of thiophene rings is 1. The predicted octanol–water partition coefficient (Wildman–Crippen LogP) is 3.18. The van der Waals surface area contributed by atoms with E-state index in [0.29, 0.717) is 6.04 Å². The normalized spacial score (nSPS) is 17.0. The summed E-state index contributed by atoms with van der Waals surface area (Å²) < 4.78 is 1.15. The molecule has 4 nitrogen and oxygen atoms in total. The summed E-state index contributed by atoms with van der Waals surface area (Å²) in [4.78, 5) is 12.7.